The molecule has 2 saturated heterocycles. The summed E-state index contributed by atoms with van der Waals surface area (Å²) in [6, 6.07) is 13.4. The van der Waals surface area contributed by atoms with Crippen molar-refractivity contribution in [1.29, 1.82) is 0 Å². The van der Waals surface area contributed by atoms with Crippen LogP contribution in [0, 0.1) is 11.6 Å². The number of piperidine rings is 1. The standard InChI is InChI=1S/C21H22F2N2O/c1-25-19-10-11-20(25)13-18(12-19)24-26-21(14-2-6-16(22)7-3-14)15-4-8-17(23)9-5-15/h2-9,19-21H,10-13H2,1H3. The van der Waals surface area contributed by atoms with Crippen LogP contribution in [0.15, 0.2) is 53.7 Å². The molecule has 26 heavy (non-hydrogen) atoms. The Bertz CT molecular complexity index is 727. The first-order valence-electron chi connectivity index (χ1n) is 9.04. The summed E-state index contributed by atoms with van der Waals surface area (Å²) in [7, 11) is 2.18. The Morgan fingerprint density at radius 3 is 1.81 bits per heavy atom. The van der Waals surface area contributed by atoms with Crippen LogP contribution in [0.4, 0.5) is 8.78 Å². The van der Waals surface area contributed by atoms with E-state index < -0.39 is 6.10 Å². The molecule has 4 rings (SSSR count). The zero-order valence-corrected chi connectivity index (χ0v) is 14.7. The lowest BCUT2D eigenvalue weighted by molar-refractivity contribution is 0.0838. The minimum absolute atomic E-state index is 0.301. The molecule has 0 radical (unpaired) electrons. The first-order chi connectivity index (χ1) is 12.6. The van der Waals surface area contributed by atoms with Crippen LogP contribution in [0.3, 0.4) is 0 Å². The molecule has 5 heteroatoms. The maximum atomic E-state index is 13.3. The van der Waals surface area contributed by atoms with Crippen molar-refractivity contribution in [2.24, 2.45) is 5.16 Å². The van der Waals surface area contributed by atoms with Gasteiger partial charge in [0.25, 0.3) is 0 Å². The second kappa shape index (κ2) is 7.16. The van der Waals surface area contributed by atoms with Crippen molar-refractivity contribution in [3.8, 4) is 0 Å². The van der Waals surface area contributed by atoms with Gasteiger partial charge in [0.1, 0.15) is 11.6 Å². The van der Waals surface area contributed by atoms with Gasteiger partial charge in [0.05, 0.1) is 5.71 Å². The predicted molar refractivity (Wildman–Crippen MR) is 97.0 cm³/mol. The van der Waals surface area contributed by atoms with Gasteiger partial charge in [-0.05, 0) is 55.3 Å². The molecule has 0 saturated carbocycles. The first kappa shape index (κ1) is 17.2. The summed E-state index contributed by atoms with van der Waals surface area (Å²) in [4.78, 5) is 8.36. The molecule has 2 aromatic rings. The molecule has 2 aromatic carbocycles. The van der Waals surface area contributed by atoms with Crippen LogP contribution in [0.5, 0.6) is 0 Å². The van der Waals surface area contributed by atoms with Crippen molar-refractivity contribution in [3.63, 3.8) is 0 Å². The van der Waals surface area contributed by atoms with Crippen LogP contribution in [-0.4, -0.2) is 29.7 Å². The van der Waals surface area contributed by atoms with Gasteiger partial charge in [0, 0.05) is 24.9 Å². The lowest BCUT2D eigenvalue weighted by Gasteiger charge is -2.31. The molecule has 2 heterocycles. The van der Waals surface area contributed by atoms with Crippen LogP contribution in [0.1, 0.15) is 42.9 Å². The highest BCUT2D eigenvalue weighted by atomic mass is 19.1. The molecular formula is C21H22F2N2O. The molecule has 2 fully saturated rings. The number of benzene rings is 2. The van der Waals surface area contributed by atoms with Crippen molar-refractivity contribution in [2.75, 3.05) is 7.05 Å². The molecule has 136 valence electrons. The van der Waals surface area contributed by atoms with Crippen LogP contribution in [0.25, 0.3) is 0 Å². The molecule has 2 aliphatic heterocycles. The molecule has 0 aromatic heterocycles. The smallest absolute Gasteiger partial charge is 0.177 e. The molecule has 3 nitrogen and oxygen atoms in total. The minimum Gasteiger partial charge on any atom is -0.383 e. The number of rotatable bonds is 4. The number of oxime groups is 1. The van der Waals surface area contributed by atoms with E-state index in [-0.39, 0.29) is 11.6 Å². The van der Waals surface area contributed by atoms with E-state index >= 15 is 0 Å². The summed E-state index contributed by atoms with van der Waals surface area (Å²) >= 11 is 0. The molecule has 2 bridgehead atoms. The summed E-state index contributed by atoms with van der Waals surface area (Å²) in [6.07, 6.45) is 3.78. The van der Waals surface area contributed by atoms with Crippen LogP contribution < -0.4 is 0 Å². The van der Waals surface area contributed by atoms with Crippen molar-refractivity contribution < 1.29 is 13.6 Å². The average molecular weight is 356 g/mol. The van der Waals surface area contributed by atoms with Crippen LogP contribution in [-0.2, 0) is 4.84 Å². The number of hydrogen-bond acceptors (Lipinski definition) is 3. The van der Waals surface area contributed by atoms with E-state index in [1.807, 2.05) is 0 Å². The largest absolute Gasteiger partial charge is 0.383 e. The molecule has 0 aliphatic carbocycles. The quantitative estimate of drug-likeness (QED) is 0.743. The SMILES string of the molecule is CN1C2CCC1CC(=NOC(c1ccc(F)cc1)c1ccc(F)cc1)C2. The van der Waals surface area contributed by atoms with E-state index in [0.717, 1.165) is 29.7 Å². The van der Waals surface area contributed by atoms with Gasteiger partial charge in [-0.15, -0.1) is 0 Å². The number of nitrogens with zero attached hydrogens (tertiary/aromatic N) is 2. The van der Waals surface area contributed by atoms with Gasteiger partial charge >= 0.3 is 0 Å². The zero-order valence-electron chi connectivity index (χ0n) is 14.7. The molecule has 2 unspecified atom stereocenters. The first-order valence-corrected chi connectivity index (χ1v) is 9.04. The highest BCUT2D eigenvalue weighted by Gasteiger charge is 2.37. The van der Waals surface area contributed by atoms with E-state index in [4.69, 9.17) is 4.84 Å². The monoisotopic (exact) mass is 356 g/mol. The molecule has 0 spiro atoms. The van der Waals surface area contributed by atoms with E-state index in [0.29, 0.717) is 12.1 Å². The number of fused-ring (bicyclic) bond motifs is 2. The third kappa shape index (κ3) is 3.49. The van der Waals surface area contributed by atoms with E-state index in [9.17, 15) is 8.78 Å². The molecule has 0 amide bonds. The molecular weight excluding hydrogens is 334 g/mol. The van der Waals surface area contributed by atoms with Gasteiger partial charge in [-0.1, -0.05) is 29.4 Å². The van der Waals surface area contributed by atoms with Gasteiger partial charge in [-0.25, -0.2) is 8.78 Å². The number of hydrogen-bond donors (Lipinski definition) is 0. The van der Waals surface area contributed by atoms with Crippen molar-refractivity contribution in [2.45, 2.75) is 43.9 Å². The van der Waals surface area contributed by atoms with Gasteiger partial charge in [-0.3, -0.25) is 4.90 Å². The minimum atomic E-state index is -0.485. The average Bonchev–Trinajstić information content (AvgIpc) is 2.85. The fraction of sp³-hybridized carbons (Fsp3) is 0.381. The van der Waals surface area contributed by atoms with E-state index in [1.165, 1.54) is 37.1 Å². The molecule has 0 N–H and O–H groups in total. The van der Waals surface area contributed by atoms with Gasteiger partial charge in [0.15, 0.2) is 6.10 Å². The van der Waals surface area contributed by atoms with Crippen molar-refractivity contribution in [3.05, 3.63) is 71.3 Å². The van der Waals surface area contributed by atoms with Gasteiger partial charge in [-0.2, -0.15) is 0 Å². The fourth-order valence-corrected chi connectivity index (χ4v) is 4.00. The Morgan fingerprint density at radius 1 is 0.885 bits per heavy atom. The summed E-state index contributed by atoms with van der Waals surface area (Å²) in [6.45, 7) is 0. The Kier molecular flexibility index (Phi) is 4.72. The zero-order chi connectivity index (χ0) is 18.1. The fourth-order valence-electron chi connectivity index (χ4n) is 4.00. The molecule has 2 atom stereocenters. The predicted octanol–water partition coefficient (Wildman–Crippen LogP) is 4.68. The summed E-state index contributed by atoms with van der Waals surface area (Å²) in [5.41, 5.74) is 2.65. The third-order valence-corrected chi connectivity index (χ3v) is 5.56. The summed E-state index contributed by atoms with van der Waals surface area (Å²) in [5, 5.41) is 4.46. The van der Waals surface area contributed by atoms with Crippen LogP contribution >= 0.6 is 0 Å². The Balaban J connectivity index is 1.58. The normalized spacial score (nSPS) is 22.7. The highest BCUT2D eigenvalue weighted by Crippen LogP contribution is 2.34. The number of halogens is 2. The Hall–Kier alpha value is -2.27. The van der Waals surface area contributed by atoms with E-state index in [2.05, 4.69) is 17.1 Å². The topological polar surface area (TPSA) is 24.8 Å². The van der Waals surface area contributed by atoms with Gasteiger partial charge < -0.3 is 4.84 Å². The maximum absolute atomic E-state index is 13.3. The van der Waals surface area contributed by atoms with Gasteiger partial charge in [0.2, 0.25) is 0 Å². The van der Waals surface area contributed by atoms with Crippen LogP contribution in [0.2, 0.25) is 0 Å². The maximum Gasteiger partial charge on any atom is 0.177 e. The second-order valence-electron chi connectivity index (χ2n) is 7.20. The summed E-state index contributed by atoms with van der Waals surface area (Å²) < 4.78 is 26.6. The third-order valence-electron chi connectivity index (χ3n) is 5.56. The lowest BCUT2D eigenvalue weighted by Crippen LogP contribution is -2.40. The highest BCUT2D eigenvalue weighted by molar-refractivity contribution is 5.86. The van der Waals surface area contributed by atoms with E-state index in [1.54, 1.807) is 24.3 Å². The second-order valence-corrected chi connectivity index (χ2v) is 7.20. The lowest BCUT2D eigenvalue weighted by atomic mass is 10.0. The Labute approximate surface area is 152 Å². The van der Waals surface area contributed by atoms with Crippen molar-refractivity contribution >= 4 is 5.71 Å². The Morgan fingerprint density at radius 2 is 1.35 bits per heavy atom. The molecule has 2 aliphatic rings. The van der Waals surface area contributed by atoms with Crippen molar-refractivity contribution in [1.82, 2.24) is 4.90 Å². The summed E-state index contributed by atoms with van der Waals surface area (Å²) in [5.74, 6) is -0.602.